The quantitative estimate of drug-likeness (QED) is 0.792. The van der Waals surface area contributed by atoms with Crippen molar-refractivity contribution in [2.75, 3.05) is 0 Å². The van der Waals surface area contributed by atoms with E-state index in [2.05, 4.69) is 37.0 Å². The maximum atomic E-state index is 4.27. The average molecular weight is 266 g/mol. The van der Waals surface area contributed by atoms with Crippen LogP contribution in [-0.2, 0) is 0 Å². The second-order valence-electron chi connectivity index (χ2n) is 4.08. The molecule has 2 aromatic rings. The molecule has 0 saturated heterocycles. The lowest BCUT2D eigenvalue weighted by atomic mass is 10.2. The summed E-state index contributed by atoms with van der Waals surface area (Å²) in [6.07, 6.45) is 5.10. The molecule has 78 valence electrons. The minimum Gasteiger partial charge on any atom is -0.240 e. The lowest BCUT2D eigenvalue weighted by Crippen LogP contribution is -2.06. The van der Waals surface area contributed by atoms with Gasteiger partial charge < -0.3 is 0 Å². The highest BCUT2D eigenvalue weighted by molar-refractivity contribution is 9.10. The molecular weight excluding hydrogens is 254 g/mol. The number of para-hydroxylation sites is 1. The molecule has 1 aliphatic carbocycles. The lowest BCUT2D eigenvalue weighted by molar-refractivity contribution is 0.467. The first kappa shape index (κ1) is 9.33. The summed E-state index contributed by atoms with van der Waals surface area (Å²) in [4.78, 5) is 0. The molecule has 1 heterocycles. The molecule has 0 amide bonds. The van der Waals surface area contributed by atoms with Gasteiger partial charge in [0, 0.05) is 4.47 Å². The Morgan fingerprint density at radius 2 is 2.07 bits per heavy atom. The number of nitrogens with zero attached hydrogens (tertiary/aromatic N) is 3. The van der Waals surface area contributed by atoms with E-state index >= 15 is 0 Å². The zero-order valence-electron chi connectivity index (χ0n) is 8.36. The molecule has 0 spiro atoms. The van der Waals surface area contributed by atoms with Crippen molar-refractivity contribution in [1.82, 2.24) is 15.0 Å². The third kappa shape index (κ3) is 1.47. The van der Waals surface area contributed by atoms with E-state index < -0.39 is 0 Å². The van der Waals surface area contributed by atoms with Crippen LogP contribution in [0.4, 0.5) is 0 Å². The molecule has 1 aromatic heterocycles. The van der Waals surface area contributed by atoms with E-state index in [0.29, 0.717) is 6.04 Å². The smallest absolute Gasteiger partial charge is 0.114 e. The highest BCUT2D eigenvalue weighted by atomic mass is 79.9. The summed E-state index contributed by atoms with van der Waals surface area (Å²) in [5.74, 6) is 0. The van der Waals surface area contributed by atoms with Gasteiger partial charge in [0.2, 0.25) is 0 Å². The largest absolute Gasteiger partial charge is 0.240 e. The van der Waals surface area contributed by atoms with E-state index in [1.807, 2.05) is 12.1 Å². The van der Waals surface area contributed by atoms with Gasteiger partial charge in [0.25, 0.3) is 0 Å². The number of fused-ring (bicyclic) bond motifs is 1. The summed E-state index contributed by atoms with van der Waals surface area (Å²) >= 11 is 3.57. The van der Waals surface area contributed by atoms with Gasteiger partial charge >= 0.3 is 0 Å². The number of hydrogen-bond donors (Lipinski definition) is 0. The van der Waals surface area contributed by atoms with E-state index in [-0.39, 0.29) is 0 Å². The standard InChI is InChI=1S/C11H12BrN3/c12-9-6-3-7-10-11(9)15(14-13-10)8-4-1-2-5-8/h3,6-8H,1-2,4-5H2. The van der Waals surface area contributed by atoms with Crippen LogP contribution in [0.5, 0.6) is 0 Å². The van der Waals surface area contributed by atoms with Crippen LogP contribution in [0.25, 0.3) is 11.0 Å². The predicted octanol–water partition coefficient (Wildman–Crippen LogP) is 3.31. The Kier molecular flexibility index (Phi) is 2.24. The molecule has 1 aromatic carbocycles. The van der Waals surface area contributed by atoms with Gasteiger partial charge in [-0.3, -0.25) is 0 Å². The number of benzene rings is 1. The Labute approximate surface area is 96.6 Å². The molecule has 1 saturated carbocycles. The number of halogens is 1. The first-order valence-corrected chi connectivity index (χ1v) is 6.15. The summed E-state index contributed by atoms with van der Waals surface area (Å²) in [7, 11) is 0. The molecular formula is C11H12BrN3. The molecule has 1 fully saturated rings. The van der Waals surface area contributed by atoms with Crippen molar-refractivity contribution < 1.29 is 0 Å². The van der Waals surface area contributed by atoms with E-state index in [4.69, 9.17) is 0 Å². The maximum absolute atomic E-state index is 4.27. The normalized spacial score (nSPS) is 17.7. The molecule has 0 unspecified atom stereocenters. The zero-order chi connectivity index (χ0) is 10.3. The fourth-order valence-corrected chi connectivity index (χ4v) is 2.89. The van der Waals surface area contributed by atoms with Gasteiger partial charge in [-0.2, -0.15) is 0 Å². The topological polar surface area (TPSA) is 30.7 Å². The second kappa shape index (κ2) is 3.59. The lowest BCUT2D eigenvalue weighted by Gasteiger charge is -2.10. The van der Waals surface area contributed by atoms with Crippen LogP contribution in [0.3, 0.4) is 0 Å². The Hall–Kier alpha value is -0.900. The highest BCUT2D eigenvalue weighted by Crippen LogP contribution is 2.33. The van der Waals surface area contributed by atoms with E-state index in [1.165, 1.54) is 25.7 Å². The summed E-state index contributed by atoms with van der Waals surface area (Å²) in [6.45, 7) is 0. The first-order chi connectivity index (χ1) is 7.36. The molecule has 3 nitrogen and oxygen atoms in total. The Balaban J connectivity index is 2.18. The SMILES string of the molecule is Brc1cccc2nnn(C3CCCC3)c12. The van der Waals surface area contributed by atoms with E-state index in [1.54, 1.807) is 0 Å². The summed E-state index contributed by atoms with van der Waals surface area (Å²) < 4.78 is 3.18. The van der Waals surface area contributed by atoms with Crippen LogP contribution >= 0.6 is 15.9 Å². The Bertz CT molecular complexity index is 486. The second-order valence-corrected chi connectivity index (χ2v) is 4.93. The van der Waals surface area contributed by atoms with Crippen molar-refractivity contribution in [2.24, 2.45) is 0 Å². The van der Waals surface area contributed by atoms with Gasteiger partial charge in [-0.25, -0.2) is 4.68 Å². The molecule has 0 bridgehead atoms. The molecule has 15 heavy (non-hydrogen) atoms. The van der Waals surface area contributed by atoms with Gasteiger partial charge in [0.1, 0.15) is 11.0 Å². The van der Waals surface area contributed by atoms with Gasteiger partial charge in [-0.15, -0.1) is 5.10 Å². The number of aromatic nitrogens is 3. The Morgan fingerprint density at radius 1 is 1.27 bits per heavy atom. The van der Waals surface area contributed by atoms with Crippen molar-refractivity contribution in [3.63, 3.8) is 0 Å². The van der Waals surface area contributed by atoms with Crippen LogP contribution in [0.15, 0.2) is 22.7 Å². The summed E-state index contributed by atoms with van der Waals surface area (Å²) in [6, 6.07) is 6.61. The van der Waals surface area contributed by atoms with Crippen LogP contribution < -0.4 is 0 Å². The highest BCUT2D eigenvalue weighted by Gasteiger charge is 2.20. The van der Waals surface area contributed by atoms with Crippen molar-refractivity contribution in [3.05, 3.63) is 22.7 Å². The molecule has 0 radical (unpaired) electrons. The van der Waals surface area contributed by atoms with Gasteiger partial charge in [-0.1, -0.05) is 24.1 Å². The van der Waals surface area contributed by atoms with E-state index in [0.717, 1.165) is 15.5 Å². The predicted molar refractivity (Wildman–Crippen MR) is 62.7 cm³/mol. The molecule has 0 N–H and O–H groups in total. The molecule has 0 atom stereocenters. The molecule has 3 rings (SSSR count). The zero-order valence-corrected chi connectivity index (χ0v) is 9.94. The van der Waals surface area contributed by atoms with Crippen molar-refractivity contribution in [2.45, 2.75) is 31.7 Å². The average Bonchev–Trinajstić information content (AvgIpc) is 2.85. The number of hydrogen-bond acceptors (Lipinski definition) is 2. The molecule has 0 aliphatic heterocycles. The van der Waals surface area contributed by atoms with E-state index in [9.17, 15) is 0 Å². The third-order valence-corrected chi connectivity index (χ3v) is 3.75. The van der Waals surface area contributed by atoms with Gasteiger partial charge in [0.05, 0.1) is 6.04 Å². The minimum absolute atomic E-state index is 0.550. The summed E-state index contributed by atoms with van der Waals surface area (Å²) in [5.41, 5.74) is 2.13. The molecule has 1 aliphatic rings. The molecule has 4 heteroatoms. The Morgan fingerprint density at radius 3 is 2.87 bits per heavy atom. The maximum Gasteiger partial charge on any atom is 0.114 e. The minimum atomic E-state index is 0.550. The van der Waals surface area contributed by atoms with Gasteiger partial charge in [0.15, 0.2) is 0 Å². The monoisotopic (exact) mass is 265 g/mol. The van der Waals surface area contributed by atoms with Crippen LogP contribution in [-0.4, -0.2) is 15.0 Å². The number of rotatable bonds is 1. The third-order valence-electron chi connectivity index (χ3n) is 3.11. The first-order valence-electron chi connectivity index (χ1n) is 5.35. The fraction of sp³-hybridized carbons (Fsp3) is 0.455. The van der Waals surface area contributed by atoms with Crippen molar-refractivity contribution >= 4 is 27.0 Å². The van der Waals surface area contributed by atoms with Gasteiger partial charge in [-0.05, 0) is 40.9 Å². The van der Waals surface area contributed by atoms with Crippen LogP contribution in [0.1, 0.15) is 31.7 Å². The van der Waals surface area contributed by atoms with Crippen LogP contribution in [0, 0.1) is 0 Å². The van der Waals surface area contributed by atoms with Crippen LogP contribution in [0.2, 0.25) is 0 Å². The summed E-state index contributed by atoms with van der Waals surface area (Å²) in [5, 5.41) is 8.48. The van der Waals surface area contributed by atoms with Crippen molar-refractivity contribution in [1.29, 1.82) is 0 Å². The van der Waals surface area contributed by atoms with Crippen molar-refractivity contribution in [3.8, 4) is 0 Å². The fourth-order valence-electron chi connectivity index (χ4n) is 2.36.